The van der Waals surface area contributed by atoms with E-state index in [-0.39, 0.29) is 0 Å². The van der Waals surface area contributed by atoms with E-state index in [4.69, 9.17) is 20.2 Å². The van der Waals surface area contributed by atoms with Crippen molar-refractivity contribution in [2.45, 2.75) is 44.9 Å². The average molecular weight is 387 g/mol. The van der Waals surface area contributed by atoms with Crippen LogP contribution in [0.15, 0.2) is 23.2 Å². The van der Waals surface area contributed by atoms with Crippen molar-refractivity contribution in [1.29, 1.82) is 0 Å². The summed E-state index contributed by atoms with van der Waals surface area (Å²) in [7, 11) is 0. The Kier molecular flexibility index (Phi) is 5.77. The Morgan fingerprint density at radius 2 is 2.00 bits per heavy atom. The first-order valence-corrected chi connectivity index (χ1v) is 10.5. The maximum atomic E-state index is 6.03. The van der Waals surface area contributed by atoms with Crippen molar-refractivity contribution in [2.75, 3.05) is 25.1 Å². The number of nitrogens with zero attached hydrogens (tertiary/aromatic N) is 2. The van der Waals surface area contributed by atoms with Crippen molar-refractivity contribution in [3.8, 4) is 11.5 Å². The third kappa shape index (κ3) is 4.71. The van der Waals surface area contributed by atoms with Gasteiger partial charge in [-0.25, -0.2) is 4.98 Å². The van der Waals surface area contributed by atoms with Gasteiger partial charge >= 0.3 is 0 Å². The largest absolute Gasteiger partial charge is 0.490 e. The molecule has 6 nitrogen and oxygen atoms in total. The number of aromatic nitrogens is 1. The molecule has 0 spiro atoms. The highest BCUT2D eigenvalue weighted by Crippen LogP contribution is 2.32. The molecule has 1 aromatic carbocycles. The lowest BCUT2D eigenvalue weighted by molar-refractivity contribution is 0.297. The minimum Gasteiger partial charge on any atom is -0.490 e. The fourth-order valence-electron chi connectivity index (χ4n) is 3.37. The number of aliphatic imine (C=N–C) groups is 1. The summed E-state index contributed by atoms with van der Waals surface area (Å²) in [6, 6.07) is 5.74. The predicted octanol–water partition coefficient (Wildman–Crippen LogP) is 3.54. The van der Waals surface area contributed by atoms with E-state index in [0.29, 0.717) is 25.7 Å². The van der Waals surface area contributed by atoms with Crippen LogP contribution in [0.4, 0.5) is 5.69 Å². The van der Waals surface area contributed by atoms with Gasteiger partial charge < -0.3 is 20.5 Å². The molecule has 2 heterocycles. The highest BCUT2D eigenvalue weighted by atomic mass is 32.1. The first-order valence-electron chi connectivity index (χ1n) is 9.72. The molecule has 0 radical (unpaired) electrons. The molecular formula is C20H26N4O2S. The van der Waals surface area contributed by atoms with Crippen molar-refractivity contribution < 1.29 is 9.47 Å². The Bertz CT molecular complexity index is 795. The Balaban J connectivity index is 1.27. The molecule has 0 bridgehead atoms. The van der Waals surface area contributed by atoms with Gasteiger partial charge in [0.2, 0.25) is 0 Å². The second kappa shape index (κ2) is 8.61. The molecule has 1 aliphatic heterocycles. The van der Waals surface area contributed by atoms with Crippen LogP contribution < -0.4 is 20.5 Å². The van der Waals surface area contributed by atoms with Crippen LogP contribution in [-0.4, -0.2) is 30.7 Å². The molecule has 7 heteroatoms. The van der Waals surface area contributed by atoms with Gasteiger partial charge in [-0.15, -0.1) is 11.3 Å². The van der Waals surface area contributed by atoms with Crippen LogP contribution in [0.1, 0.15) is 41.3 Å². The van der Waals surface area contributed by atoms with E-state index in [1.807, 2.05) is 29.5 Å². The fraction of sp³-hybridized carbons (Fsp3) is 0.500. The Labute approximate surface area is 163 Å². The van der Waals surface area contributed by atoms with E-state index in [1.54, 1.807) is 0 Å². The number of hydrogen-bond donors (Lipinski definition) is 2. The van der Waals surface area contributed by atoms with E-state index < -0.39 is 0 Å². The number of benzene rings is 1. The van der Waals surface area contributed by atoms with Crippen molar-refractivity contribution in [3.05, 3.63) is 33.8 Å². The van der Waals surface area contributed by atoms with Gasteiger partial charge in [-0.3, -0.25) is 4.99 Å². The van der Waals surface area contributed by atoms with Crippen molar-refractivity contribution >= 4 is 23.0 Å². The van der Waals surface area contributed by atoms with Crippen LogP contribution in [0.5, 0.6) is 11.5 Å². The molecule has 0 fully saturated rings. The molecule has 0 saturated heterocycles. The lowest BCUT2D eigenvalue weighted by Gasteiger charge is -2.10. The normalized spacial score (nSPS) is 16.5. The zero-order valence-corrected chi connectivity index (χ0v) is 16.3. The summed E-state index contributed by atoms with van der Waals surface area (Å²) in [5.74, 6) is 1.95. The molecule has 1 aromatic heterocycles. The summed E-state index contributed by atoms with van der Waals surface area (Å²) in [6.07, 6.45) is 7.76. The maximum Gasteiger partial charge on any atom is 0.193 e. The first-order chi connectivity index (χ1) is 13.3. The van der Waals surface area contributed by atoms with Gasteiger partial charge in [0.25, 0.3) is 0 Å². The van der Waals surface area contributed by atoms with E-state index in [2.05, 4.69) is 10.3 Å². The number of fused-ring (bicyclic) bond motifs is 2. The van der Waals surface area contributed by atoms with Gasteiger partial charge in [0.15, 0.2) is 17.5 Å². The number of ether oxygens (including phenoxy) is 2. The molecule has 0 atom stereocenters. The summed E-state index contributed by atoms with van der Waals surface area (Å²) in [5.41, 5.74) is 8.21. The van der Waals surface area contributed by atoms with E-state index >= 15 is 0 Å². The van der Waals surface area contributed by atoms with Gasteiger partial charge in [-0.2, -0.15) is 0 Å². The number of thiazole rings is 1. The molecule has 4 rings (SSSR count). The lowest BCUT2D eigenvalue weighted by Crippen LogP contribution is -2.22. The highest BCUT2D eigenvalue weighted by molar-refractivity contribution is 7.11. The van der Waals surface area contributed by atoms with Crippen LogP contribution in [0.3, 0.4) is 0 Å². The fourth-order valence-corrected chi connectivity index (χ4v) is 4.57. The molecule has 3 N–H and O–H groups in total. The Morgan fingerprint density at radius 3 is 2.89 bits per heavy atom. The molecular weight excluding hydrogens is 360 g/mol. The van der Waals surface area contributed by atoms with Crippen molar-refractivity contribution in [2.24, 2.45) is 10.7 Å². The maximum absolute atomic E-state index is 6.03. The molecule has 144 valence electrons. The molecule has 2 aliphatic rings. The molecule has 0 saturated carbocycles. The SMILES string of the molecule is NC(=NCCCc1nc2c(s1)CCCC2)Nc1ccc2c(c1)OCCCO2. The molecule has 0 unspecified atom stereocenters. The third-order valence-corrected chi connectivity index (χ3v) is 5.96. The third-order valence-electron chi connectivity index (χ3n) is 4.74. The van der Waals surface area contributed by atoms with Crippen LogP contribution in [0, 0.1) is 0 Å². The van der Waals surface area contributed by atoms with Gasteiger partial charge in [0.05, 0.1) is 23.9 Å². The number of rotatable bonds is 5. The zero-order chi connectivity index (χ0) is 18.5. The Morgan fingerprint density at radius 1 is 1.15 bits per heavy atom. The second-order valence-electron chi connectivity index (χ2n) is 6.89. The quantitative estimate of drug-likeness (QED) is 0.467. The van der Waals surface area contributed by atoms with Crippen LogP contribution >= 0.6 is 11.3 Å². The number of nitrogens with one attached hydrogen (secondary N) is 1. The smallest absolute Gasteiger partial charge is 0.193 e. The lowest BCUT2D eigenvalue weighted by atomic mass is 10.0. The Hall–Kier alpha value is -2.28. The summed E-state index contributed by atoms with van der Waals surface area (Å²) in [4.78, 5) is 10.7. The summed E-state index contributed by atoms with van der Waals surface area (Å²) >= 11 is 1.88. The van der Waals surface area contributed by atoms with Crippen molar-refractivity contribution in [1.82, 2.24) is 4.98 Å². The number of nitrogens with two attached hydrogens (primary N) is 1. The molecule has 27 heavy (non-hydrogen) atoms. The summed E-state index contributed by atoms with van der Waals surface area (Å²) < 4.78 is 11.3. The molecule has 2 aromatic rings. The predicted molar refractivity (Wildman–Crippen MR) is 109 cm³/mol. The first kappa shape index (κ1) is 18.1. The molecule has 1 aliphatic carbocycles. The van der Waals surface area contributed by atoms with Crippen LogP contribution in [0.25, 0.3) is 0 Å². The average Bonchev–Trinajstić information content (AvgIpc) is 2.95. The summed E-state index contributed by atoms with van der Waals surface area (Å²) in [6.45, 7) is 2.04. The molecule has 0 amide bonds. The van der Waals surface area contributed by atoms with E-state index in [0.717, 1.165) is 42.9 Å². The highest BCUT2D eigenvalue weighted by Gasteiger charge is 2.14. The second-order valence-corrected chi connectivity index (χ2v) is 8.06. The summed E-state index contributed by atoms with van der Waals surface area (Å²) in [5, 5.41) is 4.37. The number of guanidine groups is 1. The van der Waals surface area contributed by atoms with Gasteiger partial charge in [0, 0.05) is 36.0 Å². The van der Waals surface area contributed by atoms with E-state index in [9.17, 15) is 0 Å². The number of aryl methyl sites for hydroxylation is 3. The number of hydrogen-bond acceptors (Lipinski definition) is 5. The van der Waals surface area contributed by atoms with E-state index in [1.165, 1.54) is 34.8 Å². The zero-order valence-electron chi connectivity index (χ0n) is 15.5. The minimum atomic E-state index is 0.419. The monoisotopic (exact) mass is 386 g/mol. The minimum absolute atomic E-state index is 0.419. The van der Waals surface area contributed by atoms with Crippen molar-refractivity contribution in [3.63, 3.8) is 0 Å². The van der Waals surface area contributed by atoms with Gasteiger partial charge in [-0.1, -0.05) is 0 Å². The van der Waals surface area contributed by atoms with Gasteiger partial charge in [-0.05, 0) is 44.2 Å². The van der Waals surface area contributed by atoms with Gasteiger partial charge in [0.1, 0.15) is 0 Å². The van der Waals surface area contributed by atoms with Crippen LogP contribution in [0.2, 0.25) is 0 Å². The standard InChI is InChI=1S/C20H26N4O2S/c21-20(23-14-8-9-16-17(13-14)26-12-4-11-25-16)22-10-3-7-19-24-15-5-1-2-6-18(15)27-19/h8-9,13H,1-7,10-12H2,(H3,21,22,23). The topological polar surface area (TPSA) is 81.8 Å². The van der Waals surface area contributed by atoms with Crippen LogP contribution in [-0.2, 0) is 19.3 Å². The number of anilines is 1.